The van der Waals surface area contributed by atoms with Gasteiger partial charge < -0.3 is 9.79 Å². The molecule has 0 fully saturated rings. The summed E-state index contributed by atoms with van der Waals surface area (Å²) in [6.45, 7) is 4.68. The molecule has 0 spiro atoms. The van der Waals surface area contributed by atoms with E-state index >= 15 is 0 Å². The Morgan fingerprint density at radius 2 is 1.12 bits per heavy atom. The molecule has 0 aromatic heterocycles. The minimum absolute atomic E-state index is 0.184. The Morgan fingerprint density at radius 1 is 0.750 bits per heavy atom. The molecule has 0 aliphatic carbocycles. The minimum Gasteiger partial charge on any atom is -0.602 e. The summed E-state index contributed by atoms with van der Waals surface area (Å²) < 4.78 is 25.3. The van der Waals surface area contributed by atoms with Crippen molar-refractivity contribution in [1.82, 2.24) is 0 Å². The van der Waals surface area contributed by atoms with Crippen LogP contribution in [0.4, 0.5) is 0 Å². The molecule has 0 heterocycles. The summed E-state index contributed by atoms with van der Waals surface area (Å²) in [5, 5.41) is 0. The Kier molecular flexibility index (Phi) is 17.0. The predicted octanol–water partition coefficient (Wildman–Crippen LogP) is 4.81. The molecule has 0 saturated carbocycles. The number of hydrogen-bond acceptors (Lipinski definition) is 6. The van der Waals surface area contributed by atoms with Crippen LogP contribution in [0.1, 0.15) is 90.9 Å². The van der Waals surface area contributed by atoms with Crippen molar-refractivity contribution in [2.24, 2.45) is 0 Å². The third-order valence-corrected chi connectivity index (χ3v) is 5.99. The molecule has 0 bridgehead atoms. The van der Waals surface area contributed by atoms with Crippen molar-refractivity contribution in [2.75, 3.05) is 13.2 Å². The highest BCUT2D eigenvalue weighted by atomic mass is 31.3. The molecule has 1 atom stereocenters. The van der Waals surface area contributed by atoms with Crippen LogP contribution in [0.15, 0.2) is 0 Å². The minimum atomic E-state index is -3.99. The van der Waals surface area contributed by atoms with Crippen molar-refractivity contribution >= 4 is 16.4 Å². The molecular formula is C16H34O6P2. The summed E-state index contributed by atoms with van der Waals surface area (Å²) in [6.07, 6.45) is 12.7. The van der Waals surface area contributed by atoms with Crippen molar-refractivity contribution in [1.29, 1.82) is 0 Å². The normalized spacial score (nSPS) is 12.6. The van der Waals surface area contributed by atoms with Crippen molar-refractivity contribution in [3.05, 3.63) is 0 Å². The molecule has 0 amide bonds. The van der Waals surface area contributed by atoms with E-state index in [9.17, 15) is 14.4 Å². The summed E-state index contributed by atoms with van der Waals surface area (Å²) in [5.74, 6) is 0. The number of hydrogen-bond donors (Lipinski definition) is 0. The fourth-order valence-corrected chi connectivity index (χ4v) is 4.09. The number of unbranched alkanes of at least 4 members (excludes halogenated alkanes) is 10. The van der Waals surface area contributed by atoms with Gasteiger partial charge in [0.1, 0.15) is 0 Å². The second-order valence-corrected chi connectivity index (χ2v) is 8.47. The van der Waals surface area contributed by atoms with Gasteiger partial charge in [-0.05, 0) is 17.4 Å². The third kappa shape index (κ3) is 15.8. The van der Waals surface area contributed by atoms with E-state index in [4.69, 9.17) is 9.05 Å². The monoisotopic (exact) mass is 384 g/mol. The SMILES string of the molecule is CCCCCCCCO[P+]([O-])(OCCCCCCCC)O[P+](=O)[O-]. The number of phosphoric acid groups is 1. The molecule has 0 aromatic carbocycles. The average Bonchev–Trinajstić information content (AvgIpc) is 2.52. The maximum atomic E-state index is 12.2. The highest BCUT2D eigenvalue weighted by Gasteiger charge is 2.41. The van der Waals surface area contributed by atoms with Gasteiger partial charge in [-0.25, -0.2) is 0 Å². The molecule has 144 valence electrons. The first-order chi connectivity index (χ1) is 11.5. The van der Waals surface area contributed by atoms with Gasteiger partial charge in [0.15, 0.2) is 0 Å². The molecule has 0 N–H and O–H groups in total. The lowest BCUT2D eigenvalue weighted by Crippen LogP contribution is -2.19. The zero-order valence-corrected chi connectivity index (χ0v) is 17.0. The summed E-state index contributed by atoms with van der Waals surface area (Å²) >= 11 is 0. The standard InChI is InChI=1S/C16H34O6P2/c1-3-5-7-9-11-13-15-20-24(19,22-23(17)18)21-16-14-12-10-8-6-4-2/h3-16H2,1-2H3. The summed E-state index contributed by atoms with van der Waals surface area (Å²) in [4.78, 5) is 23.0. The molecular weight excluding hydrogens is 350 g/mol. The summed E-state index contributed by atoms with van der Waals surface area (Å²) in [6, 6.07) is 0. The van der Waals surface area contributed by atoms with Crippen LogP contribution in [0.2, 0.25) is 0 Å². The van der Waals surface area contributed by atoms with E-state index in [1.165, 1.54) is 38.5 Å². The van der Waals surface area contributed by atoms with Crippen LogP contribution >= 0.6 is 16.4 Å². The van der Waals surface area contributed by atoms with Gasteiger partial charge in [-0.3, -0.25) is 0 Å². The Labute approximate surface area is 148 Å². The van der Waals surface area contributed by atoms with Crippen LogP contribution in [0, 0.1) is 0 Å². The van der Waals surface area contributed by atoms with E-state index in [0.717, 1.165) is 25.7 Å². The van der Waals surface area contributed by atoms with Gasteiger partial charge in [-0.2, -0.15) is 9.05 Å². The van der Waals surface area contributed by atoms with E-state index in [2.05, 4.69) is 18.2 Å². The van der Waals surface area contributed by atoms with Crippen molar-refractivity contribution < 1.29 is 27.7 Å². The van der Waals surface area contributed by atoms with E-state index in [-0.39, 0.29) is 13.2 Å². The Bertz CT molecular complexity index is 286. The Balaban J connectivity index is 3.88. The van der Waals surface area contributed by atoms with Gasteiger partial charge >= 0.3 is 16.4 Å². The van der Waals surface area contributed by atoms with Crippen LogP contribution in [0.25, 0.3) is 0 Å². The van der Waals surface area contributed by atoms with Gasteiger partial charge in [0, 0.05) is 0 Å². The fraction of sp³-hybridized carbons (Fsp3) is 1.00. The van der Waals surface area contributed by atoms with Crippen LogP contribution in [-0.4, -0.2) is 13.2 Å². The van der Waals surface area contributed by atoms with E-state index in [0.29, 0.717) is 12.8 Å². The zero-order chi connectivity index (χ0) is 18.1. The molecule has 0 radical (unpaired) electrons. The van der Waals surface area contributed by atoms with Gasteiger partial charge in [0.2, 0.25) is 0 Å². The van der Waals surface area contributed by atoms with Crippen molar-refractivity contribution in [2.45, 2.75) is 90.9 Å². The number of rotatable bonds is 18. The molecule has 24 heavy (non-hydrogen) atoms. The second-order valence-electron chi connectivity index (χ2n) is 5.95. The first-order valence-electron chi connectivity index (χ1n) is 9.27. The van der Waals surface area contributed by atoms with Gasteiger partial charge in [0.25, 0.3) is 0 Å². The van der Waals surface area contributed by atoms with Crippen LogP contribution in [0.3, 0.4) is 0 Å². The van der Waals surface area contributed by atoms with Gasteiger partial charge in [-0.15, -0.1) is 0 Å². The fourth-order valence-electron chi connectivity index (χ4n) is 2.28. The van der Waals surface area contributed by atoms with Crippen molar-refractivity contribution in [3.8, 4) is 0 Å². The quantitative estimate of drug-likeness (QED) is 0.249. The molecule has 0 rings (SSSR count). The highest BCUT2D eigenvalue weighted by molar-refractivity contribution is 7.60. The first-order valence-corrected chi connectivity index (χ1v) is 11.8. The highest BCUT2D eigenvalue weighted by Crippen LogP contribution is 2.58. The van der Waals surface area contributed by atoms with Crippen LogP contribution < -0.4 is 9.79 Å². The van der Waals surface area contributed by atoms with Crippen LogP contribution in [-0.2, 0) is 17.9 Å². The Hall–Kier alpha value is 0.330. The predicted molar refractivity (Wildman–Crippen MR) is 94.3 cm³/mol. The zero-order valence-electron chi connectivity index (χ0n) is 15.2. The van der Waals surface area contributed by atoms with Gasteiger partial charge in [-0.1, -0.05) is 78.1 Å². The maximum Gasteiger partial charge on any atom is 0.536 e. The van der Waals surface area contributed by atoms with E-state index < -0.39 is 16.4 Å². The van der Waals surface area contributed by atoms with E-state index in [1.807, 2.05) is 0 Å². The second kappa shape index (κ2) is 16.8. The molecule has 0 aliphatic rings. The molecule has 0 aliphatic heterocycles. The third-order valence-electron chi connectivity index (χ3n) is 3.66. The Morgan fingerprint density at radius 3 is 1.50 bits per heavy atom. The molecule has 0 saturated heterocycles. The molecule has 1 unspecified atom stereocenters. The smallest absolute Gasteiger partial charge is 0.536 e. The molecule has 0 aromatic rings. The van der Waals surface area contributed by atoms with Crippen LogP contribution in [0.5, 0.6) is 0 Å². The average molecular weight is 384 g/mol. The topological polar surface area (TPSA) is 90.9 Å². The van der Waals surface area contributed by atoms with Crippen molar-refractivity contribution in [3.63, 3.8) is 0 Å². The van der Waals surface area contributed by atoms with Gasteiger partial charge in [0.05, 0.1) is 17.5 Å². The lowest BCUT2D eigenvalue weighted by Gasteiger charge is -2.19. The maximum absolute atomic E-state index is 12.2. The molecule has 6 nitrogen and oxygen atoms in total. The first kappa shape index (κ1) is 24.3. The summed E-state index contributed by atoms with van der Waals surface area (Å²) in [5.41, 5.74) is 0. The number of phosphoric ester groups is 1. The largest absolute Gasteiger partial charge is 0.602 e. The van der Waals surface area contributed by atoms with E-state index in [1.54, 1.807) is 0 Å². The summed E-state index contributed by atoms with van der Waals surface area (Å²) in [7, 11) is -7.26. The lowest BCUT2D eigenvalue weighted by atomic mass is 10.1. The molecule has 8 heteroatoms. The lowest BCUT2D eigenvalue weighted by molar-refractivity contribution is -0.248.